The highest BCUT2D eigenvalue weighted by Gasteiger charge is 2.19. The Hall–Kier alpha value is 0.390. The van der Waals surface area contributed by atoms with Crippen molar-refractivity contribution in [1.82, 2.24) is 10.2 Å². The van der Waals surface area contributed by atoms with Crippen LogP contribution in [0.2, 0.25) is 4.34 Å². The molecule has 1 aromatic heterocycles. The fourth-order valence-corrected chi connectivity index (χ4v) is 4.47. The summed E-state index contributed by atoms with van der Waals surface area (Å²) in [5.41, 5.74) is 0. The molecular formula is C14H22BrClN2S. The SMILES string of the molecule is CC(C)CN(Cc1cc(Br)c(Cl)s1)CC1CCCN1. The zero-order chi connectivity index (χ0) is 13.8. The standard InChI is InChI=1S/C14H22BrClN2S/c1-10(2)7-18(8-11-4-3-5-17-11)9-12-6-13(15)14(16)19-12/h6,10-11,17H,3-5,7-9H2,1-2H3. The van der Waals surface area contributed by atoms with E-state index < -0.39 is 0 Å². The summed E-state index contributed by atoms with van der Waals surface area (Å²) < 4.78 is 1.89. The number of rotatable bonds is 6. The number of halogens is 2. The molecule has 1 unspecified atom stereocenters. The van der Waals surface area contributed by atoms with Crippen molar-refractivity contribution in [3.63, 3.8) is 0 Å². The van der Waals surface area contributed by atoms with Crippen LogP contribution in [-0.4, -0.2) is 30.6 Å². The van der Waals surface area contributed by atoms with Crippen molar-refractivity contribution < 1.29 is 0 Å². The third kappa shape index (κ3) is 5.01. The molecule has 0 saturated carbocycles. The lowest BCUT2D eigenvalue weighted by atomic mass is 10.1. The molecule has 1 N–H and O–H groups in total. The minimum atomic E-state index is 0.664. The fourth-order valence-electron chi connectivity index (χ4n) is 2.63. The van der Waals surface area contributed by atoms with E-state index in [4.69, 9.17) is 11.6 Å². The van der Waals surface area contributed by atoms with Crippen LogP contribution in [0.1, 0.15) is 31.6 Å². The highest BCUT2D eigenvalue weighted by molar-refractivity contribution is 9.10. The van der Waals surface area contributed by atoms with Crippen LogP contribution in [0, 0.1) is 5.92 Å². The Morgan fingerprint density at radius 2 is 2.37 bits per heavy atom. The van der Waals surface area contributed by atoms with Gasteiger partial charge in [0.2, 0.25) is 0 Å². The van der Waals surface area contributed by atoms with E-state index in [0.29, 0.717) is 12.0 Å². The number of nitrogens with one attached hydrogen (secondary N) is 1. The zero-order valence-corrected chi connectivity index (χ0v) is 14.7. The first-order chi connectivity index (χ1) is 9.04. The Labute approximate surface area is 133 Å². The van der Waals surface area contributed by atoms with Gasteiger partial charge in [-0.3, -0.25) is 4.90 Å². The number of nitrogens with zero attached hydrogens (tertiary/aromatic N) is 1. The van der Waals surface area contributed by atoms with Crippen LogP contribution in [0.25, 0.3) is 0 Å². The number of thiophene rings is 1. The minimum absolute atomic E-state index is 0.664. The molecule has 1 aromatic rings. The molecule has 108 valence electrons. The molecule has 1 aliphatic heterocycles. The lowest BCUT2D eigenvalue weighted by molar-refractivity contribution is 0.218. The predicted octanol–water partition coefficient (Wildman–Crippen LogP) is 4.37. The van der Waals surface area contributed by atoms with Crippen LogP contribution in [0.5, 0.6) is 0 Å². The zero-order valence-electron chi connectivity index (χ0n) is 11.6. The molecule has 1 fully saturated rings. The second-order valence-corrected chi connectivity index (χ2v) is 8.31. The maximum absolute atomic E-state index is 6.13. The van der Waals surface area contributed by atoms with E-state index in [-0.39, 0.29) is 0 Å². The first-order valence-corrected chi connectivity index (χ1v) is 8.92. The molecule has 2 nitrogen and oxygen atoms in total. The topological polar surface area (TPSA) is 15.3 Å². The normalized spacial score (nSPS) is 19.8. The van der Waals surface area contributed by atoms with E-state index in [1.165, 1.54) is 24.3 Å². The predicted molar refractivity (Wildman–Crippen MR) is 88.2 cm³/mol. The summed E-state index contributed by atoms with van der Waals surface area (Å²) in [6, 6.07) is 2.82. The van der Waals surface area contributed by atoms with Crippen LogP contribution in [0.4, 0.5) is 0 Å². The van der Waals surface area contributed by atoms with Gasteiger partial charge >= 0.3 is 0 Å². The van der Waals surface area contributed by atoms with Gasteiger partial charge < -0.3 is 5.32 Å². The molecule has 0 aromatic carbocycles. The van der Waals surface area contributed by atoms with E-state index in [1.807, 2.05) is 0 Å². The Bertz CT molecular complexity index is 383. The molecule has 1 atom stereocenters. The van der Waals surface area contributed by atoms with Gasteiger partial charge in [0, 0.05) is 35.0 Å². The fraction of sp³-hybridized carbons (Fsp3) is 0.714. The summed E-state index contributed by atoms with van der Waals surface area (Å²) >= 11 is 11.3. The molecule has 1 aliphatic rings. The maximum Gasteiger partial charge on any atom is 0.107 e. The maximum atomic E-state index is 6.13. The van der Waals surface area contributed by atoms with Gasteiger partial charge in [0.15, 0.2) is 0 Å². The smallest absolute Gasteiger partial charge is 0.107 e. The van der Waals surface area contributed by atoms with Gasteiger partial charge in [-0.05, 0) is 47.3 Å². The second kappa shape index (κ2) is 7.41. The quantitative estimate of drug-likeness (QED) is 0.805. The average molecular weight is 366 g/mol. The first kappa shape index (κ1) is 15.8. The highest BCUT2D eigenvalue weighted by atomic mass is 79.9. The molecule has 0 aliphatic carbocycles. The summed E-state index contributed by atoms with van der Waals surface area (Å²) in [5.74, 6) is 0.695. The van der Waals surface area contributed by atoms with Gasteiger partial charge in [-0.25, -0.2) is 0 Å². The third-order valence-electron chi connectivity index (χ3n) is 3.34. The molecule has 2 heterocycles. The van der Waals surface area contributed by atoms with Crippen LogP contribution in [-0.2, 0) is 6.54 Å². The van der Waals surface area contributed by atoms with E-state index in [0.717, 1.165) is 28.4 Å². The molecule has 19 heavy (non-hydrogen) atoms. The van der Waals surface area contributed by atoms with E-state index in [2.05, 4.69) is 46.1 Å². The van der Waals surface area contributed by atoms with Crippen LogP contribution in [0.15, 0.2) is 10.5 Å². The highest BCUT2D eigenvalue weighted by Crippen LogP contribution is 2.32. The Kier molecular flexibility index (Phi) is 6.15. The number of hydrogen-bond donors (Lipinski definition) is 1. The number of hydrogen-bond acceptors (Lipinski definition) is 3. The first-order valence-electron chi connectivity index (χ1n) is 6.94. The van der Waals surface area contributed by atoms with Gasteiger partial charge in [0.25, 0.3) is 0 Å². The van der Waals surface area contributed by atoms with Gasteiger partial charge in [0.05, 0.1) is 0 Å². The van der Waals surface area contributed by atoms with Crippen molar-refractivity contribution in [1.29, 1.82) is 0 Å². The third-order valence-corrected chi connectivity index (χ3v) is 5.80. The summed E-state index contributed by atoms with van der Waals surface area (Å²) in [7, 11) is 0. The largest absolute Gasteiger partial charge is 0.313 e. The molecule has 0 bridgehead atoms. The van der Waals surface area contributed by atoms with Crippen LogP contribution < -0.4 is 5.32 Å². The Balaban J connectivity index is 1.95. The lowest BCUT2D eigenvalue weighted by Gasteiger charge is -2.26. The average Bonchev–Trinajstić information content (AvgIpc) is 2.89. The van der Waals surface area contributed by atoms with Crippen molar-refractivity contribution in [3.05, 3.63) is 19.8 Å². The van der Waals surface area contributed by atoms with Crippen molar-refractivity contribution in [2.45, 2.75) is 39.3 Å². The second-order valence-electron chi connectivity index (χ2n) is 5.72. The monoisotopic (exact) mass is 364 g/mol. The molecule has 2 rings (SSSR count). The van der Waals surface area contributed by atoms with Gasteiger partial charge in [-0.1, -0.05) is 25.4 Å². The summed E-state index contributed by atoms with van der Waals surface area (Å²) in [6.45, 7) is 9.04. The molecule has 0 spiro atoms. The van der Waals surface area contributed by atoms with Crippen LogP contribution >= 0.6 is 38.9 Å². The minimum Gasteiger partial charge on any atom is -0.313 e. The summed E-state index contributed by atoms with van der Waals surface area (Å²) in [5, 5.41) is 3.59. The summed E-state index contributed by atoms with van der Waals surface area (Å²) in [4.78, 5) is 3.90. The molecule has 1 saturated heterocycles. The lowest BCUT2D eigenvalue weighted by Crippen LogP contribution is -2.38. The van der Waals surface area contributed by atoms with Gasteiger partial charge in [0.1, 0.15) is 4.34 Å². The van der Waals surface area contributed by atoms with Crippen molar-refractivity contribution in [2.75, 3.05) is 19.6 Å². The van der Waals surface area contributed by atoms with E-state index >= 15 is 0 Å². The molecule has 0 amide bonds. The van der Waals surface area contributed by atoms with E-state index in [9.17, 15) is 0 Å². The Morgan fingerprint density at radius 1 is 1.58 bits per heavy atom. The summed E-state index contributed by atoms with van der Waals surface area (Å²) in [6.07, 6.45) is 2.63. The van der Waals surface area contributed by atoms with Crippen molar-refractivity contribution in [3.8, 4) is 0 Å². The van der Waals surface area contributed by atoms with Crippen molar-refractivity contribution in [2.24, 2.45) is 5.92 Å². The molecular weight excluding hydrogens is 344 g/mol. The Morgan fingerprint density at radius 3 is 2.89 bits per heavy atom. The molecule has 5 heteroatoms. The van der Waals surface area contributed by atoms with Crippen LogP contribution in [0.3, 0.4) is 0 Å². The van der Waals surface area contributed by atoms with E-state index in [1.54, 1.807) is 11.3 Å². The van der Waals surface area contributed by atoms with Gasteiger partial charge in [-0.15, -0.1) is 11.3 Å². The van der Waals surface area contributed by atoms with Gasteiger partial charge in [-0.2, -0.15) is 0 Å². The van der Waals surface area contributed by atoms with Crippen molar-refractivity contribution >= 4 is 38.9 Å². The molecule has 0 radical (unpaired) electrons.